The van der Waals surface area contributed by atoms with Crippen molar-refractivity contribution in [2.45, 2.75) is 6.92 Å². The molecule has 2 aromatic heterocycles. The number of hydrogen-bond donors (Lipinski definition) is 1. The quantitative estimate of drug-likeness (QED) is 0.740. The summed E-state index contributed by atoms with van der Waals surface area (Å²) in [6.07, 6.45) is 2.08. The van der Waals surface area contributed by atoms with Gasteiger partial charge in [-0.1, -0.05) is 0 Å². The van der Waals surface area contributed by atoms with Crippen LogP contribution in [0, 0.1) is 6.92 Å². The summed E-state index contributed by atoms with van der Waals surface area (Å²) in [6, 6.07) is 12.2. The largest absolute Gasteiger partial charge is 0.469 e. The Hall–Kier alpha value is -3.08. The predicted octanol–water partition coefficient (Wildman–Crippen LogP) is 3.91. The molecule has 2 heterocycles. The van der Waals surface area contributed by atoms with Crippen molar-refractivity contribution < 1.29 is 18.4 Å². The first-order valence-corrected chi connectivity index (χ1v) is 6.67. The van der Waals surface area contributed by atoms with Crippen molar-refractivity contribution in [3.8, 4) is 11.3 Å². The highest BCUT2D eigenvalue weighted by molar-refractivity contribution is 6.04. The van der Waals surface area contributed by atoms with E-state index >= 15 is 0 Å². The molecule has 1 N–H and O–H groups in total. The van der Waals surface area contributed by atoms with E-state index in [4.69, 9.17) is 8.83 Å². The van der Waals surface area contributed by atoms with Gasteiger partial charge in [0, 0.05) is 11.3 Å². The number of aryl methyl sites for hydroxylation is 1. The summed E-state index contributed by atoms with van der Waals surface area (Å²) in [5.41, 5.74) is 1.96. The van der Waals surface area contributed by atoms with Gasteiger partial charge in [-0.25, -0.2) is 0 Å². The van der Waals surface area contributed by atoms with Crippen LogP contribution in [0.3, 0.4) is 0 Å². The maximum Gasteiger partial charge on any atom is 0.258 e. The number of furan rings is 2. The predicted molar refractivity (Wildman–Crippen MR) is 80.9 cm³/mol. The van der Waals surface area contributed by atoms with Gasteiger partial charge in [0.2, 0.25) is 0 Å². The molecule has 1 amide bonds. The van der Waals surface area contributed by atoms with E-state index in [-0.39, 0.29) is 11.7 Å². The Bertz CT molecular complexity index is 811. The molecule has 0 aliphatic carbocycles. The molecule has 0 aliphatic heterocycles. The molecule has 0 fully saturated rings. The van der Waals surface area contributed by atoms with E-state index < -0.39 is 0 Å². The van der Waals surface area contributed by atoms with Gasteiger partial charge in [0.25, 0.3) is 5.91 Å². The number of hydrogen-bond acceptors (Lipinski definition) is 4. The molecule has 0 radical (unpaired) electrons. The zero-order valence-electron chi connectivity index (χ0n) is 11.8. The van der Waals surface area contributed by atoms with Crippen LogP contribution in [0.1, 0.15) is 26.7 Å². The lowest BCUT2D eigenvalue weighted by Gasteiger charge is -2.04. The van der Waals surface area contributed by atoms with Gasteiger partial charge in [0.15, 0.2) is 12.0 Å². The smallest absolute Gasteiger partial charge is 0.258 e. The molecule has 5 nitrogen and oxygen atoms in total. The van der Waals surface area contributed by atoms with E-state index in [0.29, 0.717) is 29.1 Å². The maximum atomic E-state index is 12.0. The molecule has 0 saturated heterocycles. The standard InChI is InChI=1S/C17H13NO4/c1-11-8-13(10-21-11)17(20)18-14-4-2-12(3-5-14)16-7-6-15(9-19)22-16/h2-10H,1H3,(H,18,20). The third kappa shape index (κ3) is 2.83. The fraction of sp³-hybridized carbons (Fsp3) is 0.0588. The maximum absolute atomic E-state index is 12.0. The minimum absolute atomic E-state index is 0.231. The second-order valence-electron chi connectivity index (χ2n) is 4.80. The van der Waals surface area contributed by atoms with E-state index in [1.165, 1.54) is 6.26 Å². The lowest BCUT2D eigenvalue weighted by atomic mass is 10.1. The van der Waals surface area contributed by atoms with Crippen LogP contribution in [0.4, 0.5) is 5.69 Å². The molecule has 0 unspecified atom stereocenters. The van der Waals surface area contributed by atoms with E-state index in [0.717, 1.165) is 5.56 Å². The van der Waals surface area contributed by atoms with Crippen LogP contribution in [0.2, 0.25) is 0 Å². The van der Waals surface area contributed by atoms with Crippen molar-refractivity contribution in [3.63, 3.8) is 0 Å². The molecule has 0 atom stereocenters. The first-order chi connectivity index (χ1) is 10.7. The Morgan fingerprint density at radius 1 is 1.14 bits per heavy atom. The summed E-state index contributed by atoms with van der Waals surface area (Å²) in [6.45, 7) is 1.78. The SMILES string of the molecule is Cc1cc(C(=O)Nc2ccc(-c3ccc(C=O)o3)cc2)co1. The molecule has 0 spiro atoms. The third-order valence-corrected chi connectivity index (χ3v) is 3.16. The highest BCUT2D eigenvalue weighted by Gasteiger charge is 2.09. The van der Waals surface area contributed by atoms with Gasteiger partial charge in [-0.15, -0.1) is 0 Å². The molecular weight excluding hydrogens is 282 g/mol. The van der Waals surface area contributed by atoms with Gasteiger partial charge in [0.1, 0.15) is 17.8 Å². The molecule has 0 bridgehead atoms. The van der Waals surface area contributed by atoms with Crippen LogP contribution >= 0.6 is 0 Å². The summed E-state index contributed by atoms with van der Waals surface area (Å²) < 4.78 is 10.5. The Labute approximate surface area is 126 Å². The Morgan fingerprint density at radius 3 is 2.50 bits per heavy atom. The number of anilines is 1. The molecule has 110 valence electrons. The molecule has 22 heavy (non-hydrogen) atoms. The second-order valence-corrected chi connectivity index (χ2v) is 4.80. The molecule has 5 heteroatoms. The van der Waals surface area contributed by atoms with Crippen LogP contribution in [-0.2, 0) is 0 Å². The summed E-state index contributed by atoms with van der Waals surface area (Å²) in [7, 11) is 0. The van der Waals surface area contributed by atoms with Crippen LogP contribution in [0.5, 0.6) is 0 Å². The van der Waals surface area contributed by atoms with Crippen molar-refractivity contribution in [1.82, 2.24) is 0 Å². The summed E-state index contributed by atoms with van der Waals surface area (Å²) in [4.78, 5) is 22.6. The van der Waals surface area contributed by atoms with E-state index in [2.05, 4.69) is 5.32 Å². The lowest BCUT2D eigenvalue weighted by Crippen LogP contribution is -2.10. The number of carbonyl (C=O) groups excluding carboxylic acids is 2. The van der Waals surface area contributed by atoms with E-state index in [9.17, 15) is 9.59 Å². The molecule has 3 aromatic rings. The third-order valence-electron chi connectivity index (χ3n) is 3.16. The van der Waals surface area contributed by atoms with Crippen LogP contribution < -0.4 is 5.32 Å². The monoisotopic (exact) mass is 295 g/mol. The number of carbonyl (C=O) groups is 2. The zero-order valence-corrected chi connectivity index (χ0v) is 11.8. The van der Waals surface area contributed by atoms with Crippen molar-refractivity contribution >= 4 is 17.9 Å². The lowest BCUT2D eigenvalue weighted by molar-refractivity contribution is 0.102. The fourth-order valence-electron chi connectivity index (χ4n) is 2.05. The Kier molecular flexibility index (Phi) is 3.62. The first-order valence-electron chi connectivity index (χ1n) is 6.67. The van der Waals surface area contributed by atoms with E-state index in [1.54, 1.807) is 37.3 Å². The second kappa shape index (κ2) is 5.73. The average molecular weight is 295 g/mol. The minimum atomic E-state index is -0.231. The van der Waals surface area contributed by atoms with Gasteiger partial charge >= 0.3 is 0 Å². The molecule has 1 aromatic carbocycles. The van der Waals surface area contributed by atoms with Gasteiger partial charge in [-0.05, 0) is 49.4 Å². The van der Waals surface area contributed by atoms with Crippen LogP contribution in [-0.4, -0.2) is 12.2 Å². The molecule has 3 rings (SSSR count). The van der Waals surface area contributed by atoms with Gasteiger partial charge in [-0.3, -0.25) is 9.59 Å². The number of benzene rings is 1. The minimum Gasteiger partial charge on any atom is -0.469 e. The Balaban J connectivity index is 1.74. The van der Waals surface area contributed by atoms with Gasteiger partial charge < -0.3 is 14.2 Å². The summed E-state index contributed by atoms with van der Waals surface area (Å²) in [5, 5.41) is 2.78. The van der Waals surface area contributed by atoms with Gasteiger partial charge in [0.05, 0.1) is 5.56 Å². The number of nitrogens with one attached hydrogen (secondary N) is 1. The fourth-order valence-corrected chi connectivity index (χ4v) is 2.05. The Morgan fingerprint density at radius 2 is 1.91 bits per heavy atom. The number of rotatable bonds is 4. The normalized spacial score (nSPS) is 10.4. The van der Waals surface area contributed by atoms with Crippen molar-refractivity contribution in [2.24, 2.45) is 0 Å². The zero-order chi connectivity index (χ0) is 15.5. The van der Waals surface area contributed by atoms with Crippen molar-refractivity contribution in [3.05, 3.63) is 65.8 Å². The van der Waals surface area contributed by atoms with Gasteiger partial charge in [-0.2, -0.15) is 0 Å². The van der Waals surface area contributed by atoms with Crippen molar-refractivity contribution in [2.75, 3.05) is 5.32 Å². The van der Waals surface area contributed by atoms with E-state index in [1.807, 2.05) is 12.1 Å². The average Bonchev–Trinajstić information content (AvgIpc) is 3.17. The molecule has 0 saturated carbocycles. The summed E-state index contributed by atoms with van der Waals surface area (Å²) >= 11 is 0. The van der Waals surface area contributed by atoms with Crippen molar-refractivity contribution in [1.29, 1.82) is 0 Å². The first kappa shape index (κ1) is 13.9. The highest BCUT2D eigenvalue weighted by atomic mass is 16.3. The van der Waals surface area contributed by atoms with Crippen LogP contribution in [0.25, 0.3) is 11.3 Å². The highest BCUT2D eigenvalue weighted by Crippen LogP contribution is 2.23. The number of amides is 1. The molecule has 0 aliphatic rings. The number of aldehydes is 1. The topological polar surface area (TPSA) is 72.5 Å². The van der Waals surface area contributed by atoms with Crippen LogP contribution in [0.15, 0.2) is 57.6 Å². The molecular formula is C17H13NO4. The summed E-state index contributed by atoms with van der Waals surface area (Å²) in [5.74, 6) is 1.34.